The van der Waals surface area contributed by atoms with Crippen LogP contribution >= 0.6 is 15.9 Å². The summed E-state index contributed by atoms with van der Waals surface area (Å²) in [6.45, 7) is 3.86. The van der Waals surface area contributed by atoms with E-state index in [0.717, 1.165) is 15.6 Å². The Morgan fingerprint density at radius 2 is 1.75 bits per heavy atom. The first-order valence-corrected chi connectivity index (χ1v) is 6.78. The molecule has 0 radical (unpaired) electrons. The van der Waals surface area contributed by atoms with Crippen molar-refractivity contribution in [3.8, 4) is 11.5 Å². The lowest BCUT2D eigenvalue weighted by atomic mass is 10.1. The van der Waals surface area contributed by atoms with Crippen molar-refractivity contribution in [1.82, 2.24) is 0 Å². The van der Waals surface area contributed by atoms with E-state index in [4.69, 9.17) is 0 Å². The summed E-state index contributed by atoms with van der Waals surface area (Å²) in [6, 6.07) is 7.93. The standard InChI is InChI=1S/C15H14BrNO3/c1-8-6-10(7-9(2)13(8)16)17-15(20)11-4-3-5-12(18)14(11)19/h3-7,18-19H,1-2H3,(H,17,20). The number of phenolic OH excluding ortho intramolecular Hbond substituents is 2. The van der Waals surface area contributed by atoms with Crippen LogP contribution in [0.3, 0.4) is 0 Å². The van der Waals surface area contributed by atoms with Crippen molar-refractivity contribution in [2.75, 3.05) is 5.32 Å². The smallest absolute Gasteiger partial charge is 0.259 e. The number of para-hydroxylation sites is 1. The highest BCUT2D eigenvalue weighted by atomic mass is 79.9. The summed E-state index contributed by atoms with van der Waals surface area (Å²) in [5.74, 6) is -1.21. The number of anilines is 1. The molecule has 0 bridgehead atoms. The number of hydrogen-bond acceptors (Lipinski definition) is 3. The van der Waals surface area contributed by atoms with Crippen molar-refractivity contribution >= 4 is 27.5 Å². The maximum Gasteiger partial charge on any atom is 0.259 e. The van der Waals surface area contributed by atoms with Gasteiger partial charge in [0.05, 0.1) is 5.56 Å². The third-order valence-electron chi connectivity index (χ3n) is 2.95. The molecule has 0 unspecified atom stereocenters. The lowest BCUT2D eigenvalue weighted by molar-refractivity contribution is 0.102. The molecule has 4 nitrogen and oxygen atoms in total. The molecule has 20 heavy (non-hydrogen) atoms. The van der Waals surface area contributed by atoms with Gasteiger partial charge in [0, 0.05) is 10.2 Å². The molecule has 5 heteroatoms. The van der Waals surface area contributed by atoms with Gasteiger partial charge in [-0.05, 0) is 49.2 Å². The number of carbonyl (C=O) groups excluding carboxylic acids is 1. The van der Waals surface area contributed by atoms with Crippen molar-refractivity contribution in [1.29, 1.82) is 0 Å². The molecular weight excluding hydrogens is 322 g/mol. The lowest BCUT2D eigenvalue weighted by Crippen LogP contribution is -2.12. The molecule has 2 aromatic rings. The van der Waals surface area contributed by atoms with Gasteiger partial charge in [-0.1, -0.05) is 22.0 Å². The van der Waals surface area contributed by atoms with Gasteiger partial charge in [0.2, 0.25) is 0 Å². The number of aryl methyl sites for hydroxylation is 2. The Morgan fingerprint density at radius 3 is 2.35 bits per heavy atom. The highest BCUT2D eigenvalue weighted by Gasteiger charge is 2.14. The molecule has 0 fully saturated rings. The molecule has 3 N–H and O–H groups in total. The second-order valence-corrected chi connectivity index (χ2v) is 5.34. The summed E-state index contributed by atoms with van der Waals surface area (Å²) in [6.07, 6.45) is 0. The minimum absolute atomic E-state index is 0.0308. The second-order valence-electron chi connectivity index (χ2n) is 4.55. The van der Waals surface area contributed by atoms with E-state index < -0.39 is 11.7 Å². The van der Waals surface area contributed by atoms with Gasteiger partial charge < -0.3 is 15.5 Å². The monoisotopic (exact) mass is 335 g/mol. The van der Waals surface area contributed by atoms with Gasteiger partial charge in [0.15, 0.2) is 11.5 Å². The Bertz CT molecular complexity index is 660. The van der Waals surface area contributed by atoms with E-state index in [1.54, 1.807) is 0 Å². The molecule has 0 aliphatic heterocycles. The minimum atomic E-state index is -0.473. The fourth-order valence-electron chi connectivity index (χ4n) is 1.93. The maximum absolute atomic E-state index is 12.1. The normalized spacial score (nSPS) is 10.3. The van der Waals surface area contributed by atoms with Crippen LogP contribution in [0.25, 0.3) is 0 Å². The predicted octanol–water partition coefficient (Wildman–Crippen LogP) is 3.73. The topological polar surface area (TPSA) is 69.6 Å². The summed E-state index contributed by atoms with van der Waals surface area (Å²) in [5.41, 5.74) is 2.67. The summed E-state index contributed by atoms with van der Waals surface area (Å²) in [4.78, 5) is 12.1. The average molecular weight is 336 g/mol. The first-order valence-electron chi connectivity index (χ1n) is 5.99. The average Bonchev–Trinajstić information content (AvgIpc) is 2.39. The van der Waals surface area contributed by atoms with Crippen LogP contribution in [-0.2, 0) is 0 Å². The molecule has 0 saturated heterocycles. The van der Waals surface area contributed by atoms with Gasteiger partial charge in [0.25, 0.3) is 5.91 Å². The van der Waals surface area contributed by atoms with Crippen molar-refractivity contribution < 1.29 is 15.0 Å². The zero-order valence-corrected chi connectivity index (χ0v) is 12.7. The molecule has 0 heterocycles. The zero-order chi connectivity index (χ0) is 14.9. The first kappa shape index (κ1) is 14.4. The number of rotatable bonds is 2. The van der Waals surface area contributed by atoms with Crippen LogP contribution in [-0.4, -0.2) is 16.1 Å². The molecule has 104 valence electrons. The minimum Gasteiger partial charge on any atom is -0.504 e. The van der Waals surface area contributed by atoms with Crippen molar-refractivity contribution in [3.05, 3.63) is 51.5 Å². The Hall–Kier alpha value is -2.01. The third kappa shape index (κ3) is 2.77. The van der Waals surface area contributed by atoms with Gasteiger partial charge in [-0.15, -0.1) is 0 Å². The van der Waals surface area contributed by atoms with Gasteiger partial charge in [-0.2, -0.15) is 0 Å². The fourth-order valence-corrected chi connectivity index (χ4v) is 2.16. The predicted molar refractivity (Wildman–Crippen MR) is 81.3 cm³/mol. The number of benzene rings is 2. The van der Waals surface area contributed by atoms with Crippen LogP contribution in [0.1, 0.15) is 21.5 Å². The highest BCUT2D eigenvalue weighted by Crippen LogP contribution is 2.30. The molecule has 0 spiro atoms. The van der Waals surface area contributed by atoms with E-state index in [-0.39, 0.29) is 11.3 Å². The quantitative estimate of drug-likeness (QED) is 0.732. The van der Waals surface area contributed by atoms with Crippen LogP contribution in [0.2, 0.25) is 0 Å². The number of phenols is 2. The second kappa shape index (κ2) is 5.54. The third-order valence-corrected chi connectivity index (χ3v) is 4.20. The van der Waals surface area contributed by atoms with Crippen LogP contribution < -0.4 is 5.32 Å². The van der Waals surface area contributed by atoms with E-state index in [1.807, 2.05) is 26.0 Å². The van der Waals surface area contributed by atoms with Crippen LogP contribution in [0.4, 0.5) is 5.69 Å². The zero-order valence-electron chi connectivity index (χ0n) is 11.1. The number of carbonyl (C=O) groups is 1. The van der Waals surface area contributed by atoms with Crippen LogP contribution in [0.5, 0.6) is 11.5 Å². The van der Waals surface area contributed by atoms with Crippen LogP contribution in [0.15, 0.2) is 34.8 Å². The summed E-state index contributed by atoms with van der Waals surface area (Å²) in [7, 11) is 0. The summed E-state index contributed by atoms with van der Waals surface area (Å²) in [5, 5.41) is 21.8. The van der Waals surface area contributed by atoms with Crippen molar-refractivity contribution in [2.45, 2.75) is 13.8 Å². The van der Waals surface area contributed by atoms with E-state index in [9.17, 15) is 15.0 Å². The van der Waals surface area contributed by atoms with Crippen molar-refractivity contribution in [2.24, 2.45) is 0 Å². The Balaban J connectivity index is 2.30. The van der Waals surface area contributed by atoms with E-state index >= 15 is 0 Å². The first-order chi connectivity index (χ1) is 9.40. The molecule has 0 aliphatic rings. The maximum atomic E-state index is 12.1. The largest absolute Gasteiger partial charge is 0.504 e. The molecule has 2 rings (SSSR count). The Labute approximate surface area is 125 Å². The molecule has 1 amide bonds. The molecule has 0 aliphatic carbocycles. The Morgan fingerprint density at radius 1 is 1.15 bits per heavy atom. The molecule has 0 aromatic heterocycles. The lowest BCUT2D eigenvalue weighted by Gasteiger charge is -2.11. The van der Waals surface area contributed by atoms with Crippen LogP contribution in [0, 0.1) is 13.8 Å². The van der Waals surface area contributed by atoms with Gasteiger partial charge in [-0.25, -0.2) is 0 Å². The Kier molecular flexibility index (Phi) is 3.99. The van der Waals surface area contributed by atoms with Gasteiger partial charge in [0.1, 0.15) is 0 Å². The molecular formula is C15H14BrNO3. The summed E-state index contributed by atoms with van der Waals surface area (Å²) < 4.78 is 0.996. The van der Waals surface area contributed by atoms with E-state index in [0.29, 0.717) is 5.69 Å². The number of halogens is 1. The summed E-state index contributed by atoms with van der Waals surface area (Å²) >= 11 is 3.46. The van der Waals surface area contributed by atoms with Gasteiger partial charge >= 0.3 is 0 Å². The molecule has 0 saturated carbocycles. The SMILES string of the molecule is Cc1cc(NC(=O)c2cccc(O)c2O)cc(C)c1Br. The molecule has 2 aromatic carbocycles. The number of hydrogen-bond donors (Lipinski definition) is 3. The van der Waals surface area contributed by atoms with Crippen molar-refractivity contribution in [3.63, 3.8) is 0 Å². The number of aromatic hydroxyl groups is 2. The fraction of sp³-hybridized carbons (Fsp3) is 0.133. The van der Waals surface area contributed by atoms with E-state index in [1.165, 1.54) is 18.2 Å². The highest BCUT2D eigenvalue weighted by molar-refractivity contribution is 9.10. The number of nitrogens with one attached hydrogen (secondary N) is 1. The van der Waals surface area contributed by atoms with Gasteiger partial charge in [-0.3, -0.25) is 4.79 Å². The number of amides is 1. The van der Waals surface area contributed by atoms with E-state index in [2.05, 4.69) is 21.2 Å². The molecule has 0 atom stereocenters.